The highest BCUT2D eigenvalue weighted by Gasteiger charge is 2.22. The first kappa shape index (κ1) is 15.4. The molecule has 0 aliphatic heterocycles. The van der Waals surface area contributed by atoms with Gasteiger partial charge in [0.2, 0.25) is 0 Å². The number of anilines is 1. The zero-order chi connectivity index (χ0) is 14.6. The number of carbonyl (C=O) groups is 1. The lowest BCUT2D eigenvalue weighted by Gasteiger charge is -2.31. The van der Waals surface area contributed by atoms with E-state index in [1.807, 2.05) is 31.7 Å². The van der Waals surface area contributed by atoms with Crippen LogP contribution in [-0.4, -0.2) is 42.4 Å². The van der Waals surface area contributed by atoms with E-state index >= 15 is 0 Å². The van der Waals surface area contributed by atoms with Crippen LogP contribution in [0.3, 0.4) is 0 Å². The molecule has 0 saturated heterocycles. The van der Waals surface area contributed by atoms with Gasteiger partial charge in [-0.2, -0.15) is 0 Å². The van der Waals surface area contributed by atoms with Crippen LogP contribution in [0.15, 0.2) is 6.07 Å². The molecular weight excluding hydrogens is 244 g/mol. The van der Waals surface area contributed by atoms with Crippen LogP contribution < -0.4 is 4.90 Å². The highest BCUT2D eigenvalue weighted by Crippen LogP contribution is 2.25. The molecule has 1 rings (SSSR count). The highest BCUT2D eigenvalue weighted by atomic mass is 16.5. The standard InChI is InChI=1S/C14H22N2O3/c1-6-16(10(3)8-19-5)12-7-9(2)15-11(4)13(12)14(17)18/h7,10H,6,8H2,1-5H3,(H,17,18). The lowest BCUT2D eigenvalue weighted by molar-refractivity contribution is 0.0696. The van der Waals surface area contributed by atoms with E-state index < -0.39 is 5.97 Å². The molecule has 1 aromatic rings. The first-order valence-corrected chi connectivity index (χ1v) is 6.39. The SMILES string of the molecule is CCN(c1cc(C)nc(C)c1C(=O)O)C(C)COC. The van der Waals surface area contributed by atoms with Gasteiger partial charge >= 0.3 is 5.97 Å². The molecule has 0 spiro atoms. The summed E-state index contributed by atoms with van der Waals surface area (Å²) in [5.41, 5.74) is 2.35. The van der Waals surface area contributed by atoms with Crippen LogP contribution in [0.25, 0.3) is 0 Å². The zero-order valence-corrected chi connectivity index (χ0v) is 12.2. The highest BCUT2D eigenvalue weighted by molar-refractivity contribution is 5.95. The third kappa shape index (κ3) is 3.44. The molecule has 19 heavy (non-hydrogen) atoms. The van der Waals surface area contributed by atoms with Crippen molar-refractivity contribution in [2.24, 2.45) is 0 Å². The Morgan fingerprint density at radius 3 is 2.63 bits per heavy atom. The minimum Gasteiger partial charge on any atom is -0.478 e. The van der Waals surface area contributed by atoms with Gasteiger partial charge in [-0.25, -0.2) is 4.79 Å². The topological polar surface area (TPSA) is 62.7 Å². The van der Waals surface area contributed by atoms with Gasteiger partial charge in [0, 0.05) is 25.4 Å². The Hall–Kier alpha value is -1.62. The smallest absolute Gasteiger partial charge is 0.339 e. The quantitative estimate of drug-likeness (QED) is 0.855. The molecule has 0 radical (unpaired) electrons. The number of aromatic nitrogens is 1. The number of aryl methyl sites for hydroxylation is 2. The molecule has 1 unspecified atom stereocenters. The number of nitrogens with zero attached hydrogens (tertiary/aromatic N) is 2. The Kier molecular flexibility index (Phi) is 5.30. The van der Waals surface area contributed by atoms with Gasteiger partial charge < -0.3 is 14.7 Å². The van der Waals surface area contributed by atoms with Crippen LogP contribution in [-0.2, 0) is 4.74 Å². The van der Waals surface area contributed by atoms with Gasteiger partial charge in [0.1, 0.15) is 5.56 Å². The van der Waals surface area contributed by atoms with Crippen LogP contribution in [0, 0.1) is 13.8 Å². The molecule has 0 aliphatic rings. The van der Waals surface area contributed by atoms with E-state index in [0.717, 1.165) is 5.69 Å². The first-order chi connectivity index (χ1) is 8.92. The predicted octanol–water partition coefficient (Wildman–Crippen LogP) is 2.26. The van der Waals surface area contributed by atoms with Crippen LogP contribution >= 0.6 is 0 Å². The fourth-order valence-corrected chi connectivity index (χ4v) is 2.35. The van der Waals surface area contributed by atoms with E-state index in [1.54, 1.807) is 14.0 Å². The molecule has 0 bridgehead atoms. The van der Waals surface area contributed by atoms with Gasteiger partial charge in [-0.05, 0) is 33.8 Å². The van der Waals surface area contributed by atoms with Crippen LogP contribution in [0.2, 0.25) is 0 Å². The van der Waals surface area contributed by atoms with Gasteiger partial charge in [0.15, 0.2) is 0 Å². The average Bonchev–Trinajstić information content (AvgIpc) is 2.28. The predicted molar refractivity (Wildman–Crippen MR) is 75.0 cm³/mol. The summed E-state index contributed by atoms with van der Waals surface area (Å²) in [5.74, 6) is -0.942. The number of rotatable bonds is 6. The van der Waals surface area contributed by atoms with Crippen molar-refractivity contribution in [1.82, 2.24) is 4.98 Å². The summed E-state index contributed by atoms with van der Waals surface area (Å²) in [7, 11) is 1.64. The van der Waals surface area contributed by atoms with Crippen LogP contribution in [0.1, 0.15) is 35.6 Å². The number of hydrogen-bond donors (Lipinski definition) is 1. The van der Waals surface area contributed by atoms with Gasteiger partial charge in [0.25, 0.3) is 0 Å². The second kappa shape index (κ2) is 6.52. The van der Waals surface area contributed by atoms with E-state index in [9.17, 15) is 9.90 Å². The maximum absolute atomic E-state index is 11.5. The fraction of sp³-hybridized carbons (Fsp3) is 0.571. The van der Waals surface area contributed by atoms with Gasteiger partial charge in [-0.15, -0.1) is 0 Å². The Labute approximate surface area is 114 Å². The van der Waals surface area contributed by atoms with Crippen molar-refractivity contribution < 1.29 is 14.6 Å². The summed E-state index contributed by atoms with van der Waals surface area (Å²) in [4.78, 5) is 17.7. The molecule has 0 fully saturated rings. The molecule has 1 aromatic heterocycles. The molecule has 106 valence electrons. The van der Waals surface area contributed by atoms with E-state index in [1.165, 1.54) is 0 Å². The van der Waals surface area contributed by atoms with E-state index in [2.05, 4.69) is 4.98 Å². The van der Waals surface area contributed by atoms with E-state index in [-0.39, 0.29) is 11.6 Å². The molecule has 0 aliphatic carbocycles. The Bertz CT molecular complexity index is 460. The zero-order valence-electron chi connectivity index (χ0n) is 12.2. The maximum atomic E-state index is 11.5. The number of ether oxygens (including phenoxy) is 1. The fourth-order valence-electron chi connectivity index (χ4n) is 2.35. The monoisotopic (exact) mass is 266 g/mol. The third-order valence-electron chi connectivity index (χ3n) is 3.11. The lowest BCUT2D eigenvalue weighted by atomic mass is 10.1. The van der Waals surface area contributed by atoms with E-state index in [0.29, 0.717) is 24.5 Å². The molecule has 0 aromatic carbocycles. The second-order valence-corrected chi connectivity index (χ2v) is 4.64. The summed E-state index contributed by atoms with van der Waals surface area (Å²) >= 11 is 0. The van der Waals surface area contributed by atoms with Crippen LogP contribution in [0.5, 0.6) is 0 Å². The van der Waals surface area contributed by atoms with Crippen LogP contribution in [0.4, 0.5) is 5.69 Å². The number of carboxylic acids is 1. The number of methoxy groups -OCH3 is 1. The third-order valence-corrected chi connectivity index (χ3v) is 3.11. The largest absolute Gasteiger partial charge is 0.478 e. The van der Waals surface area contributed by atoms with Gasteiger partial charge in [0.05, 0.1) is 18.0 Å². The molecule has 5 nitrogen and oxygen atoms in total. The molecule has 0 saturated carbocycles. The molecule has 5 heteroatoms. The minimum absolute atomic E-state index is 0.106. The number of pyridine rings is 1. The molecule has 1 N–H and O–H groups in total. The Morgan fingerprint density at radius 2 is 2.16 bits per heavy atom. The molecule has 1 heterocycles. The average molecular weight is 266 g/mol. The number of likely N-dealkylation sites (N-methyl/N-ethyl adjacent to an activating group) is 1. The summed E-state index contributed by atoms with van der Waals surface area (Å²) in [6, 6.07) is 1.93. The molecule has 0 amide bonds. The Balaban J connectivity index is 3.33. The van der Waals surface area contributed by atoms with Gasteiger partial charge in [-0.1, -0.05) is 0 Å². The van der Waals surface area contributed by atoms with Gasteiger partial charge in [-0.3, -0.25) is 4.98 Å². The Morgan fingerprint density at radius 1 is 1.53 bits per heavy atom. The van der Waals surface area contributed by atoms with Crippen molar-refractivity contribution >= 4 is 11.7 Å². The molecule has 1 atom stereocenters. The van der Waals surface area contributed by atoms with Crippen molar-refractivity contribution in [3.8, 4) is 0 Å². The van der Waals surface area contributed by atoms with Crippen molar-refractivity contribution in [3.63, 3.8) is 0 Å². The minimum atomic E-state index is -0.942. The summed E-state index contributed by atoms with van der Waals surface area (Å²) in [6.45, 7) is 8.89. The summed E-state index contributed by atoms with van der Waals surface area (Å²) in [6.07, 6.45) is 0. The number of aromatic carboxylic acids is 1. The van der Waals surface area contributed by atoms with Crippen molar-refractivity contribution in [3.05, 3.63) is 23.0 Å². The number of hydrogen-bond acceptors (Lipinski definition) is 4. The maximum Gasteiger partial charge on any atom is 0.339 e. The summed E-state index contributed by atoms with van der Waals surface area (Å²) in [5, 5.41) is 9.40. The second-order valence-electron chi connectivity index (χ2n) is 4.64. The normalized spacial score (nSPS) is 12.3. The lowest BCUT2D eigenvalue weighted by Crippen LogP contribution is -2.37. The first-order valence-electron chi connectivity index (χ1n) is 6.39. The van der Waals surface area contributed by atoms with Crippen molar-refractivity contribution in [1.29, 1.82) is 0 Å². The van der Waals surface area contributed by atoms with Crippen molar-refractivity contribution in [2.75, 3.05) is 25.2 Å². The summed E-state index contributed by atoms with van der Waals surface area (Å²) < 4.78 is 5.16. The number of carboxylic acid groups (broad SMARTS) is 1. The molecular formula is C14H22N2O3. The van der Waals surface area contributed by atoms with Crippen molar-refractivity contribution in [2.45, 2.75) is 33.7 Å². The van der Waals surface area contributed by atoms with E-state index in [4.69, 9.17) is 4.74 Å².